The number of halogens is 2. The van der Waals surface area contributed by atoms with Crippen LogP contribution in [-0.2, 0) is 0 Å². The van der Waals surface area contributed by atoms with Crippen molar-refractivity contribution in [1.29, 1.82) is 0 Å². The summed E-state index contributed by atoms with van der Waals surface area (Å²) in [6.07, 6.45) is 0. The van der Waals surface area contributed by atoms with Gasteiger partial charge in [0.2, 0.25) is 0 Å². The number of rotatable bonds is 3. The van der Waals surface area contributed by atoms with Crippen molar-refractivity contribution in [2.75, 3.05) is 7.11 Å². The highest BCUT2D eigenvalue weighted by Gasteiger charge is 2.05. The van der Waals surface area contributed by atoms with Gasteiger partial charge in [0.1, 0.15) is 5.75 Å². The van der Waals surface area contributed by atoms with E-state index in [1.807, 2.05) is 36.4 Å². The minimum atomic E-state index is 0.669. The van der Waals surface area contributed by atoms with Gasteiger partial charge in [-0.05, 0) is 42.5 Å². The molecule has 88 valence electrons. The lowest BCUT2D eigenvalue weighted by Crippen LogP contribution is -1.85. The van der Waals surface area contributed by atoms with Gasteiger partial charge in [0.05, 0.1) is 12.0 Å². The standard InChI is InChI=1S/C13H10Cl2OS/c1-16-12-8-10(15)4-7-13(12)17-11-5-2-9(14)3-6-11/h2-8H,1H3. The van der Waals surface area contributed by atoms with Crippen molar-refractivity contribution in [2.45, 2.75) is 9.79 Å². The molecule has 0 heterocycles. The van der Waals surface area contributed by atoms with Gasteiger partial charge in [0, 0.05) is 14.9 Å². The average Bonchev–Trinajstić information content (AvgIpc) is 2.34. The second kappa shape index (κ2) is 5.67. The Hall–Kier alpha value is -0.830. The maximum absolute atomic E-state index is 5.91. The van der Waals surface area contributed by atoms with Crippen LogP contribution in [0.15, 0.2) is 52.3 Å². The third kappa shape index (κ3) is 3.32. The Morgan fingerprint density at radius 2 is 1.59 bits per heavy atom. The van der Waals surface area contributed by atoms with Crippen LogP contribution in [0.4, 0.5) is 0 Å². The maximum Gasteiger partial charge on any atom is 0.134 e. The molecule has 0 spiro atoms. The van der Waals surface area contributed by atoms with Crippen LogP contribution in [0, 0.1) is 0 Å². The molecule has 0 saturated heterocycles. The molecule has 1 nitrogen and oxygen atoms in total. The SMILES string of the molecule is COc1cc(Cl)ccc1Sc1ccc(Cl)cc1. The monoisotopic (exact) mass is 284 g/mol. The molecule has 0 unspecified atom stereocenters. The normalized spacial score (nSPS) is 10.3. The van der Waals surface area contributed by atoms with Crippen LogP contribution in [0.1, 0.15) is 0 Å². The van der Waals surface area contributed by atoms with E-state index in [4.69, 9.17) is 27.9 Å². The first-order chi connectivity index (χ1) is 8.19. The van der Waals surface area contributed by atoms with E-state index in [-0.39, 0.29) is 0 Å². The van der Waals surface area contributed by atoms with Crippen LogP contribution < -0.4 is 4.74 Å². The summed E-state index contributed by atoms with van der Waals surface area (Å²) in [6.45, 7) is 0. The lowest BCUT2D eigenvalue weighted by molar-refractivity contribution is 0.405. The van der Waals surface area contributed by atoms with Gasteiger partial charge in [-0.2, -0.15) is 0 Å². The number of hydrogen-bond acceptors (Lipinski definition) is 2. The Kier molecular flexibility index (Phi) is 4.21. The molecule has 4 heteroatoms. The summed E-state index contributed by atoms with van der Waals surface area (Å²) in [7, 11) is 1.64. The van der Waals surface area contributed by atoms with Crippen molar-refractivity contribution >= 4 is 35.0 Å². The zero-order chi connectivity index (χ0) is 12.3. The summed E-state index contributed by atoms with van der Waals surface area (Å²) in [5.74, 6) is 0.775. The molecular weight excluding hydrogens is 275 g/mol. The lowest BCUT2D eigenvalue weighted by atomic mass is 10.3. The second-order valence-electron chi connectivity index (χ2n) is 3.35. The van der Waals surface area contributed by atoms with Gasteiger partial charge in [-0.15, -0.1) is 0 Å². The van der Waals surface area contributed by atoms with E-state index < -0.39 is 0 Å². The first kappa shape index (κ1) is 12.6. The Balaban J connectivity index is 2.26. The quantitative estimate of drug-likeness (QED) is 0.771. The van der Waals surface area contributed by atoms with Crippen molar-refractivity contribution in [3.8, 4) is 5.75 Å². The second-order valence-corrected chi connectivity index (χ2v) is 5.34. The van der Waals surface area contributed by atoms with Gasteiger partial charge >= 0.3 is 0 Å². The van der Waals surface area contributed by atoms with E-state index in [1.54, 1.807) is 24.9 Å². The molecule has 0 bridgehead atoms. The average molecular weight is 285 g/mol. The molecule has 0 saturated carbocycles. The van der Waals surface area contributed by atoms with Crippen LogP contribution in [-0.4, -0.2) is 7.11 Å². The van der Waals surface area contributed by atoms with E-state index >= 15 is 0 Å². The van der Waals surface area contributed by atoms with Crippen molar-refractivity contribution in [2.24, 2.45) is 0 Å². The summed E-state index contributed by atoms with van der Waals surface area (Å²) in [5.41, 5.74) is 0. The number of hydrogen-bond donors (Lipinski definition) is 0. The molecule has 0 amide bonds. The van der Waals surface area contributed by atoms with Crippen LogP contribution in [0.3, 0.4) is 0 Å². The highest BCUT2D eigenvalue weighted by atomic mass is 35.5. The molecule has 0 aliphatic rings. The van der Waals surface area contributed by atoms with E-state index in [9.17, 15) is 0 Å². The molecule has 0 fully saturated rings. The molecule has 0 N–H and O–H groups in total. The Bertz CT molecular complexity index is 511. The zero-order valence-electron chi connectivity index (χ0n) is 9.11. The molecule has 2 aromatic carbocycles. The molecular formula is C13H10Cl2OS. The van der Waals surface area contributed by atoms with Crippen molar-refractivity contribution in [3.63, 3.8) is 0 Å². The van der Waals surface area contributed by atoms with Gasteiger partial charge in [-0.3, -0.25) is 0 Å². The Morgan fingerprint density at radius 3 is 2.24 bits per heavy atom. The molecule has 0 atom stereocenters. The van der Waals surface area contributed by atoms with Crippen molar-refractivity contribution < 1.29 is 4.74 Å². The van der Waals surface area contributed by atoms with Gasteiger partial charge < -0.3 is 4.74 Å². The summed E-state index contributed by atoms with van der Waals surface area (Å²) in [5, 5.41) is 1.40. The van der Waals surface area contributed by atoms with Crippen LogP contribution >= 0.6 is 35.0 Å². The van der Waals surface area contributed by atoms with Crippen LogP contribution in [0.25, 0.3) is 0 Å². The third-order valence-corrected chi connectivity index (χ3v) is 3.72. The fourth-order valence-corrected chi connectivity index (χ4v) is 2.55. The molecule has 0 aromatic heterocycles. The molecule has 0 radical (unpaired) electrons. The van der Waals surface area contributed by atoms with E-state index in [0.29, 0.717) is 5.02 Å². The lowest BCUT2D eigenvalue weighted by Gasteiger charge is -2.08. The van der Waals surface area contributed by atoms with Gasteiger partial charge in [0.25, 0.3) is 0 Å². The zero-order valence-corrected chi connectivity index (χ0v) is 11.4. The van der Waals surface area contributed by atoms with Crippen molar-refractivity contribution in [3.05, 3.63) is 52.5 Å². The summed E-state index contributed by atoms with van der Waals surface area (Å²) in [4.78, 5) is 2.13. The predicted molar refractivity (Wildman–Crippen MR) is 73.6 cm³/mol. The maximum atomic E-state index is 5.91. The molecule has 2 rings (SSSR count). The number of ether oxygens (including phenoxy) is 1. The van der Waals surface area contributed by atoms with Crippen LogP contribution in [0.2, 0.25) is 10.0 Å². The van der Waals surface area contributed by atoms with Gasteiger partial charge in [-0.1, -0.05) is 35.0 Å². The van der Waals surface area contributed by atoms with E-state index in [2.05, 4.69) is 0 Å². The van der Waals surface area contributed by atoms with E-state index in [0.717, 1.165) is 20.6 Å². The highest BCUT2D eigenvalue weighted by molar-refractivity contribution is 7.99. The number of methoxy groups -OCH3 is 1. The summed E-state index contributed by atoms with van der Waals surface area (Å²) in [6, 6.07) is 13.3. The third-order valence-electron chi connectivity index (χ3n) is 2.17. The van der Waals surface area contributed by atoms with Crippen molar-refractivity contribution in [1.82, 2.24) is 0 Å². The topological polar surface area (TPSA) is 9.23 Å². The minimum Gasteiger partial charge on any atom is -0.496 e. The number of benzene rings is 2. The smallest absolute Gasteiger partial charge is 0.134 e. The van der Waals surface area contributed by atoms with Gasteiger partial charge in [0.15, 0.2) is 0 Å². The first-order valence-electron chi connectivity index (χ1n) is 4.96. The fraction of sp³-hybridized carbons (Fsp3) is 0.0769. The molecule has 0 aliphatic carbocycles. The molecule has 2 aromatic rings. The Morgan fingerprint density at radius 1 is 0.941 bits per heavy atom. The van der Waals surface area contributed by atoms with Crippen LogP contribution in [0.5, 0.6) is 5.75 Å². The fourth-order valence-electron chi connectivity index (χ4n) is 1.36. The largest absolute Gasteiger partial charge is 0.496 e. The predicted octanol–water partition coefficient (Wildman–Crippen LogP) is 5.15. The Labute approximate surface area is 115 Å². The minimum absolute atomic E-state index is 0.669. The van der Waals surface area contributed by atoms with E-state index in [1.165, 1.54) is 0 Å². The first-order valence-corrected chi connectivity index (χ1v) is 6.53. The van der Waals surface area contributed by atoms with Gasteiger partial charge in [-0.25, -0.2) is 0 Å². The highest BCUT2D eigenvalue weighted by Crippen LogP contribution is 2.36. The summed E-state index contributed by atoms with van der Waals surface area (Å²) >= 11 is 13.4. The molecule has 17 heavy (non-hydrogen) atoms. The summed E-state index contributed by atoms with van der Waals surface area (Å²) < 4.78 is 5.29. The molecule has 0 aliphatic heterocycles.